The lowest BCUT2D eigenvalue weighted by atomic mass is 10.0. The third-order valence-electron chi connectivity index (χ3n) is 4.43. The van der Waals surface area contributed by atoms with Gasteiger partial charge in [0.05, 0.1) is 23.6 Å². The van der Waals surface area contributed by atoms with Crippen LogP contribution in [0.15, 0.2) is 42.5 Å². The summed E-state index contributed by atoms with van der Waals surface area (Å²) in [5, 5.41) is 14.0. The second-order valence-corrected chi connectivity index (χ2v) is 6.54. The number of carbonyl (C=O) groups is 1. The number of nitrogens with one attached hydrogen (secondary N) is 1. The lowest BCUT2D eigenvalue weighted by molar-refractivity contribution is -0.384. The molecular formula is C20H25N3O5. The van der Waals surface area contributed by atoms with E-state index in [0.717, 1.165) is 11.3 Å². The molecule has 2 aromatic carbocycles. The third-order valence-corrected chi connectivity index (χ3v) is 4.43. The van der Waals surface area contributed by atoms with E-state index in [4.69, 9.17) is 9.47 Å². The molecule has 0 radical (unpaired) electrons. The van der Waals surface area contributed by atoms with E-state index in [1.54, 1.807) is 39.3 Å². The van der Waals surface area contributed by atoms with Crippen LogP contribution in [0.4, 0.5) is 11.4 Å². The van der Waals surface area contributed by atoms with Crippen LogP contribution in [-0.2, 0) is 4.74 Å². The smallest absolute Gasteiger partial charge is 0.270 e. The van der Waals surface area contributed by atoms with E-state index >= 15 is 0 Å². The molecule has 8 heteroatoms. The van der Waals surface area contributed by atoms with E-state index in [1.165, 1.54) is 12.1 Å². The molecule has 0 saturated carbocycles. The van der Waals surface area contributed by atoms with E-state index in [9.17, 15) is 14.9 Å². The average molecular weight is 387 g/mol. The van der Waals surface area contributed by atoms with E-state index < -0.39 is 16.9 Å². The number of amides is 1. The van der Waals surface area contributed by atoms with Crippen molar-refractivity contribution in [3.63, 3.8) is 0 Å². The fourth-order valence-corrected chi connectivity index (χ4v) is 2.99. The van der Waals surface area contributed by atoms with Crippen LogP contribution >= 0.6 is 0 Å². The molecule has 0 aliphatic carbocycles. The fourth-order valence-electron chi connectivity index (χ4n) is 2.99. The molecule has 0 unspecified atom stereocenters. The number of hydrogen-bond donors (Lipinski definition) is 1. The average Bonchev–Trinajstić information content (AvgIpc) is 2.68. The van der Waals surface area contributed by atoms with Crippen molar-refractivity contribution in [1.82, 2.24) is 5.32 Å². The molecule has 2 rings (SSSR count). The Balaban J connectivity index is 2.26. The molecule has 2 aromatic rings. The highest BCUT2D eigenvalue weighted by Crippen LogP contribution is 2.26. The minimum absolute atomic E-state index is 0.137. The van der Waals surface area contributed by atoms with Gasteiger partial charge in [-0.3, -0.25) is 14.9 Å². The highest BCUT2D eigenvalue weighted by molar-refractivity contribution is 6.00. The Labute approximate surface area is 164 Å². The maximum atomic E-state index is 12.9. The molecule has 0 heterocycles. The Morgan fingerprint density at radius 1 is 1.14 bits per heavy atom. The largest absolute Gasteiger partial charge is 0.497 e. The molecule has 150 valence electrons. The van der Waals surface area contributed by atoms with Crippen molar-refractivity contribution >= 4 is 17.3 Å². The number of methoxy groups -OCH3 is 2. The van der Waals surface area contributed by atoms with Crippen LogP contribution in [0.5, 0.6) is 5.75 Å². The first-order valence-electron chi connectivity index (χ1n) is 8.71. The van der Waals surface area contributed by atoms with Gasteiger partial charge in [0.1, 0.15) is 11.9 Å². The molecule has 2 atom stereocenters. The Morgan fingerprint density at radius 2 is 1.79 bits per heavy atom. The van der Waals surface area contributed by atoms with Crippen LogP contribution in [0, 0.1) is 10.1 Å². The van der Waals surface area contributed by atoms with Gasteiger partial charge in [-0.05, 0) is 30.7 Å². The molecule has 1 amide bonds. The van der Waals surface area contributed by atoms with Crippen LogP contribution in [0.1, 0.15) is 28.9 Å². The molecule has 8 nitrogen and oxygen atoms in total. The standard InChI is InChI=1S/C20H25N3O5/c1-13(19(28-5)14-6-9-16(27-4)10-7-14)21-20(24)17-12-15(23(25)26)8-11-18(17)22(2)3/h6-13,19H,1-5H3,(H,21,24)/t13-,19-/m1/s1. The molecule has 0 aromatic heterocycles. The lowest BCUT2D eigenvalue weighted by Gasteiger charge is -2.25. The summed E-state index contributed by atoms with van der Waals surface area (Å²) in [6.07, 6.45) is -0.392. The molecule has 0 spiro atoms. The maximum Gasteiger partial charge on any atom is 0.270 e. The van der Waals surface area contributed by atoms with Gasteiger partial charge >= 0.3 is 0 Å². The zero-order chi connectivity index (χ0) is 20.8. The van der Waals surface area contributed by atoms with Crippen LogP contribution in [0.25, 0.3) is 0 Å². The third kappa shape index (κ3) is 4.77. The van der Waals surface area contributed by atoms with Crippen molar-refractivity contribution in [2.24, 2.45) is 0 Å². The number of nitro groups is 1. The van der Waals surface area contributed by atoms with E-state index in [1.807, 2.05) is 31.2 Å². The normalized spacial score (nSPS) is 12.8. The summed E-state index contributed by atoms with van der Waals surface area (Å²) in [7, 11) is 6.70. The number of hydrogen-bond acceptors (Lipinski definition) is 6. The first kappa shape index (κ1) is 21.2. The molecule has 0 saturated heterocycles. The highest BCUT2D eigenvalue weighted by atomic mass is 16.6. The maximum absolute atomic E-state index is 12.9. The van der Waals surface area contributed by atoms with Crippen LogP contribution in [0.2, 0.25) is 0 Å². The number of ether oxygens (including phenoxy) is 2. The quantitative estimate of drug-likeness (QED) is 0.552. The molecule has 0 aliphatic heterocycles. The summed E-state index contributed by atoms with van der Waals surface area (Å²) in [5.74, 6) is 0.318. The van der Waals surface area contributed by atoms with E-state index in [0.29, 0.717) is 5.69 Å². The number of benzene rings is 2. The van der Waals surface area contributed by atoms with E-state index in [-0.39, 0.29) is 17.3 Å². The SMILES string of the molecule is COc1ccc([C@H](OC)[C@@H](C)NC(=O)c2cc([N+](=O)[O-])ccc2N(C)C)cc1. The summed E-state index contributed by atoms with van der Waals surface area (Å²) >= 11 is 0. The minimum Gasteiger partial charge on any atom is -0.497 e. The van der Waals surface area contributed by atoms with Gasteiger partial charge in [0.15, 0.2) is 0 Å². The van der Waals surface area contributed by atoms with Crippen molar-refractivity contribution in [3.05, 3.63) is 63.7 Å². The fraction of sp³-hybridized carbons (Fsp3) is 0.350. The van der Waals surface area contributed by atoms with Gasteiger partial charge in [-0.15, -0.1) is 0 Å². The number of non-ortho nitro benzene ring substituents is 1. The summed E-state index contributed by atoms with van der Waals surface area (Å²) in [6.45, 7) is 1.82. The van der Waals surface area contributed by atoms with Gasteiger partial charge in [-0.1, -0.05) is 12.1 Å². The van der Waals surface area contributed by atoms with Crippen molar-refractivity contribution in [2.45, 2.75) is 19.1 Å². The van der Waals surface area contributed by atoms with Crippen molar-refractivity contribution in [1.29, 1.82) is 0 Å². The Hall–Kier alpha value is -3.13. The van der Waals surface area contributed by atoms with Crippen LogP contribution in [-0.4, -0.2) is 45.2 Å². The monoisotopic (exact) mass is 387 g/mol. The predicted molar refractivity (Wildman–Crippen MR) is 107 cm³/mol. The number of carbonyl (C=O) groups excluding carboxylic acids is 1. The Morgan fingerprint density at radius 3 is 2.29 bits per heavy atom. The molecule has 0 bridgehead atoms. The van der Waals surface area contributed by atoms with Gasteiger partial charge < -0.3 is 19.7 Å². The summed E-state index contributed by atoms with van der Waals surface area (Å²) in [4.78, 5) is 25.2. The number of anilines is 1. The van der Waals surface area contributed by atoms with Gasteiger partial charge in [-0.25, -0.2) is 0 Å². The zero-order valence-electron chi connectivity index (χ0n) is 16.6. The first-order valence-corrected chi connectivity index (χ1v) is 8.71. The first-order chi connectivity index (χ1) is 13.3. The minimum atomic E-state index is -0.519. The highest BCUT2D eigenvalue weighted by Gasteiger charge is 2.24. The lowest BCUT2D eigenvalue weighted by Crippen LogP contribution is -2.38. The van der Waals surface area contributed by atoms with Crippen molar-refractivity contribution in [3.8, 4) is 5.75 Å². The Kier molecular flexibility index (Phi) is 6.94. The van der Waals surface area contributed by atoms with Crippen LogP contribution in [0.3, 0.4) is 0 Å². The summed E-state index contributed by atoms with van der Waals surface area (Å²) < 4.78 is 10.7. The summed E-state index contributed by atoms with van der Waals surface area (Å²) in [5.41, 5.74) is 1.56. The van der Waals surface area contributed by atoms with Gasteiger partial charge in [0.25, 0.3) is 11.6 Å². The molecule has 0 fully saturated rings. The topological polar surface area (TPSA) is 93.9 Å². The molecule has 1 N–H and O–H groups in total. The summed E-state index contributed by atoms with van der Waals surface area (Å²) in [6, 6.07) is 11.2. The molecule has 28 heavy (non-hydrogen) atoms. The second-order valence-electron chi connectivity index (χ2n) is 6.54. The predicted octanol–water partition coefficient (Wildman–Crippen LogP) is 3.18. The van der Waals surface area contributed by atoms with Crippen molar-refractivity contribution in [2.75, 3.05) is 33.2 Å². The van der Waals surface area contributed by atoms with Gasteiger partial charge in [0.2, 0.25) is 0 Å². The Bertz CT molecular complexity index is 836. The van der Waals surface area contributed by atoms with Crippen LogP contribution < -0.4 is 15.0 Å². The zero-order valence-corrected chi connectivity index (χ0v) is 16.6. The van der Waals surface area contributed by atoms with E-state index in [2.05, 4.69) is 5.32 Å². The number of nitrogens with zero attached hydrogens (tertiary/aromatic N) is 2. The second kappa shape index (κ2) is 9.18. The van der Waals surface area contributed by atoms with Gasteiger partial charge in [-0.2, -0.15) is 0 Å². The molecule has 0 aliphatic rings. The van der Waals surface area contributed by atoms with Gasteiger partial charge in [0, 0.05) is 39.0 Å². The number of rotatable bonds is 8. The number of nitro benzene ring substituents is 1. The molecular weight excluding hydrogens is 362 g/mol. The van der Waals surface area contributed by atoms with Crippen molar-refractivity contribution < 1.29 is 19.2 Å².